The highest BCUT2D eigenvalue weighted by Gasteiger charge is 2.28. The molecule has 0 aliphatic heterocycles. The Morgan fingerprint density at radius 1 is 0.320 bits per heavy atom. The van der Waals surface area contributed by atoms with Gasteiger partial charge in [-0.3, -0.25) is 37.4 Å². The van der Waals surface area contributed by atoms with Gasteiger partial charge in [-0.05, 0) is 245 Å². The summed E-state index contributed by atoms with van der Waals surface area (Å²) >= 11 is 6.28. The lowest BCUT2D eigenvalue weighted by Gasteiger charge is -2.22. The number of fused-ring (bicyclic) bond motifs is 8. The van der Waals surface area contributed by atoms with Crippen LogP contribution in [0.4, 0.5) is 29.0 Å². The number of pyridine rings is 8. The lowest BCUT2D eigenvalue weighted by molar-refractivity contribution is 0.0696. The molecule has 12 aromatic carbocycles. The molecule has 24 aromatic rings. The van der Waals surface area contributed by atoms with Crippen molar-refractivity contribution in [1.82, 2.24) is 58.1 Å². The molecule has 0 saturated heterocycles. The van der Waals surface area contributed by atoms with E-state index < -0.39 is 5.97 Å². The van der Waals surface area contributed by atoms with Crippen LogP contribution >= 0.6 is 45.3 Å². The molecule has 0 amide bonds. The van der Waals surface area contributed by atoms with Crippen molar-refractivity contribution >= 4 is 164 Å². The average Bonchev–Trinajstić information content (AvgIpc) is 0.997. The Morgan fingerprint density at radius 3 is 0.880 bits per heavy atom. The van der Waals surface area contributed by atoms with E-state index in [-0.39, 0.29) is 52.0 Å². The molecule has 150 heavy (non-hydrogen) atoms. The highest BCUT2D eigenvalue weighted by atomic mass is 32.1. The number of aromatic carboxylic acids is 1. The Labute approximate surface area is 877 Å². The van der Waals surface area contributed by atoms with Crippen LogP contribution in [0.5, 0.6) is 5.75 Å². The summed E-state index contributed by atoms with van der Waals surface area (Å²) in [5, 5.41) is 29.7. The van der Waals surface area contributed by atoms with E-state index >= 15 is 0 Å². The second kappa shape index (κ2) is 43.3. The Morgan fingerprint density at radius 2 is 0.600 bits per heavy atom. The zero-order valence-electron chi connectivity index (χ0n) is 82.6. The van der Waals surface area contributed by atoms with Gasteiger partial charge in [0.25, 0.3) is 22.2 Å². The maximum atomic E-state index is 14.4. The fraction of sp³-hybridized carbons (Fsp3) is 0.107. The van der Waals surface area contributed by atoms with E-state index in [2.05, 4.69) is 156 Å². The number of nitrogens with two attached hydrogens (primary N) is 1. The van der Waals surface area contributed by atoms with Crippen LogP contribution in [-0.4, -0.2) is 76.3 Å². The average molecular weight is 2040 g/mol. The molecule has 12 aromatic heterocycles. The molecule has 12 heterocycles. The molecule has 0 aliphatic rings. The standard InChI is InChI=1S/C31H24N4O4S.2C31H26N4OS.C29H23N5OS/c1-18(34-29-28-26(11-12-32-29)40-17-33-28)25-16-19-7-6-10-24(20-13-21(31(37)38)15-23(14-20)39-2)27(19)30(36)35(25)22-8-4-3-5-9-22;2*1-3-21-9-7-10-22(17-21)25-14-8-11-23-18-26(35(31(36)28(23)25)24-12-5-4-6-13-24)20(2)34-30-29-27(15-16-32-30)37-19-33-29;1-18(33-28-27-25(13-14-31-28)36-17-32-27)24-16-20-8-6-12-23(19-7-5-9-21(30)15-19)26(20)29(35)34(24)22-10-3-2-4-11-22/h3-18H,1-2H3,(H,32,34)(H,37,38);2*4-20H,3H2,1-2H3,(H,32,34);2-18H,30H2,1H3,(H,31,33)/t18-;2*20-;18-/m0000/s1. The number of nitrogens with zero attached hydrogens (tertiary/aromatic N) is 12. The molecule has 0 spiro atoms. The Hall–Kier alpha value is -18.1. The molecule has 0 aliphatic carbocycles. The Kier molecular flexibility index (Phi) is 28.3. The summed E-state index contributed by atoms with van der Waals surface area (Å²) in [5.74, 6) is 2.08. The largest absolute Gasteiger partial charge is 0.497 e. The zero-order chi connectivity index (χ0) is 103. The third-order valence-corrected chi connectivity index (χ3v) is 29.9. The van der Waals surface area contributed by atoms with Crippen molar-refractivity contribution in [3.05, 3.63) is 461 Å². The minimum atomic E-state index is -1.08. The first-order chi connectivity index (χ1) is 73.3. The van der Waals surface area contributed by atoms with Gasteiger partial charge in [0.2, 0.25) is 0 Å². The van der Waals surface area contributed by atoms with E-state index in [1.807, 2.05) is 288 Å². The fourth-order valence-electron chi connectivity index (χ4n) is 19.5. The van der Waals surface area contributed by atoms with Gasteiger partial charge in [0, 0.05) is 76.0 Å². The first-order valence-corrected chi connectivity index (χ1v) is 52.6. The minimum absolute atomic E-state index is 0.0373. The minimum Gasteiger partial charge on any atom is -0.497 e. The number of nitrogens with one attached hydrogen (secondary N) is 4. The summed E-state index contributed by atoms with van der Waals surface area (Å²) in [6.07, 6.45) is 8.98. The van der Waals surface area contributed by atoms with Crippen LogP contribution in [0.2, 0.25) is 0 Å². The maximum absolute atomic E-state index is 14.4. The van der Waals surface area contributed by atoms with Gasteiger partial charge in [-0.2, -0.15) is 0 Å². The molecule has 28 heteroatoms. The predicted octanol–water partition coefficient (Wildman–Crippen LogP) is 27.8. The van der Waals surface area contributed by atoms with E-state index in [9.17, 15) is 29.1 Å². The molecule has 24 nitrogen and oxygen atoms in total. The maximum Gasteiger partial charge on any atom is 0.335 e. The van der Waals surface area contributed by atoms with Crippen molar-refractivity contribution in [3.8, 4) is 73.0 Å². The smallest absolute Gasteiger partial charge is 0.335 e. The molecular formula is C122H99N17O7S4. The number of aryl methyl sites for hydroxylation is 2. The van der Waals surface area contributed by atoms with Gasteiger partial charge < -0.3 is 36.8 Å². The monoisotopic (exact) mass is 2040 g/mol. The third kappa shape index (κ3) is 19.8. The normalized spacial score (nSPS) is 12.1. The Balaban J connectivity index is 0.000000117. The van der Waals surface area contributed by atoms with Crippen LogP contribution < -0.4 is 54.0 Å². The molecular weight excluding hydrogens is 1940 g/mol. The number of hydrogen-bond acceptors (Lipinski definition) is 23. The molecule has 0 fully saturated rings. The predicted molar refractivity (Wildman–Crippen MR) is 614 cm³/mol. The summed E-state index contributed by atoms with van der Waals surface area (Å²) in [4.78, 5) is 105. The lowest BCUT2D eigenvalue weighted by Crippen LogP contribution is -2.26. The molecule has 0 unspecified atom stereocenters. The van der Waals surface area contributed by atoms with Gasteiger partial charge >= 0.3 is 5.97 Å². The van der Waals surface area contributed by atoms with Gasteiger partial charge in [0.15, 0.2) is 23.3 Å². The number of methoxy groups -OCH3 is 1. The van der Waals surface area contributed by atoms with Gasteiger partial charge in [0.1, 0.15) is 27.8 Å². The first kappa shape index (κ1) is 98.0. The van der Waals surface area contributed by atoms with Gasteiger partial charge in [0.05, 0.1) is 99.2 Å². The molecule has 0 bridgehead atoms. The summed E-state index contributed by atoms with van der Waals surface area (Å²) < 4.78 is 16.7. The summed E-state index contributed by atoms with van der Waals surface area (Å²) in [7, 11) is 1.48. The number of para-hydroxylation sites is 4. The van der Waals surface area contributed by atoms with Crippen LogP contribution in [0.15, 0.2) is 400 Å². The Bertz CT molecular complexity index is 9200. The van der Waals surface area contributed by atoms with Crippen molar-refractivity contribution < 1.29 is 14.6 Å². The summed E-state index contributed by atoms with van der Waals surface area (Å²) in [6.45, 7) is 12.4. The molecule has 7 N–H and O–H groups in total. The fourth-order valence-corrected chi connectivity index (χ4v) is 22.2. The van der Waals surface area contributed by atoms with Gasteiger partial charge in [-0.15, -0.1) is 45.3 Å². The van der Waals surface area contributed by atoms with Crippen molar-refractivity contribution in [2.75, 3.05) is 34.1 Å². The molecule has 0 radical (unpaired) electrons. The number of carbonyl (C=O) groups is 1. The number of nitrogen functional groups attached to an aromatic ring is 1. The number of anilines is 5. The van der Waals surface area contributed by atoms with Crippen LogP contribution in [-0.2, 0) is 12.8 Å². The van der Waals surface area contributed by atoms with E-state index in [1.165, 1.54) is 24.3 Å². The molecule has 0 saturated carbocycles. The number of benzene rings is 12. The highest BCUT2D eigenvalue weighted by molar-refractivity contribution is 7.17. The van der Waals surface area contributed by atoms with E-state index in [0.717, 1.165) is 159 Å². The van der Waals surface area contributed by atoms with Crippen LogP contribution in [0.3, 0.4) is 0 Å². The SMILES string of the molecule is CCc1cccc(-c2cccc3cc([C@H](C)Nc4nccc5scnc45)n(-c4ccccc4)c(=O)c23)c1.CCc1cccc(-c2cccc3cc([C@H](C)Nc4nccc5scnc45)n(-c4ccccc4)c(=O)c23)c1.COc1cc(C(=O)O)cc(-c2cccc3cc([C@H](C)Nc4nccc5scnc45)n(-c4ccccc4)c(=O)c23)c1.C[C@H](Nc1nccc2scnc12)c1cc2cccc(-c3cccc(N)c3)c2c(=O)n1-c1ccccc1. The second-order valence-electron chi connectivity index (χ2n) is 36.1. The van der Waals surface area contributed by atoms with Crippen molar-refractivity contribution in [2.45, 2.75) is 78.6 Å². The van der Waals surface area contributed by atoms with Gasteiger partial charge in [-0.25, -0.2) is 44.7 Å². The third-order valence-electron chi connectivity index (χ3n) is 26.7. The summed E-state index contributed by atoms with van der Waals surface area (Å²) in [5.41, 5.74) is 32.9. The quantitative estimate of drug-likeness (QED) is 0.0306. The van der Waals surface area contributed by atoms with E-state index in [4.69, 9.17) is 10.5 Å². The van der Waals surface area contributed by atoms with Crippen molar-refractivity contribution in [1.29, 1.82) is 0 Å². The van der Waals surface area contributed by atoms with E-state index in [1.54, 1.807) is 96.9 Å². The molecule has 738 valence electrons. The number of carboxylic acids is 1. The number of thiazole rings is 4. The van der Waals surface area contributed by atoms with Gasteiger partial charge in [-0.1, -0.05) is 220 Å². The zero-order valence-corrected chi connectivity index (χ0v) is 85.8. The lowest BCUT2D eigenvalue weighted by atomic mass is 9.96. The van der Waals surface area contributed by atoms with Crippen molar-refractivity contribution in [3.63, 3.8) is 0 Å². The molecule has 4 atom stereocenters. The van der Waals surface area contributed by atoms with Crippen LogP contribution in [0.1, 0.15) is 110 Å². The van der Waals surface area contributed by atoms with Crippen LogP contribution in [0.25, 0.3) is 151 Å². The second-order valence-corrected chi connectivity index (χ2v) is 39.7. The number of ether oxygens (including phenoxy) is 1. The first-order valence-electron chi connectivity index (χ1n) is 49.0. The summed E-state index contributed by atoms with van der Waals surface area (Å²) in [6, 6.07) is 107. The number of hydrogen-bond donors (Lipinski definition) is 6. The molecule has 24 rings (SSSR count). The number of rotatable bonds is 24. The topological polar surface area (TPSA) is 312 Å². The number of aromatic nitrogens is 12. The highest BCUT2D eigenvalue weighted by Crippen LogP contribution is 2.41. The van der Waals surface area contributed by atoms with E-state index in [0.29, 0.717) is 62.3 Å². The van der Waals surface area contributed by atoms with Crippen molar-refractivity contribution in [2.24, 2.45) is 0 Å². The van der Waals surface area contributed by atoms with Crippen LogP contribution in [0, 0.1) is 0 Å². The number of carboxylic acid groups (broad SMARTS) is 1.